The van der Waals surface area contributed by atoms with Crippen molar-refractivity contribution in [1.82, 2.24) is 4.57 Å². The zero-order valence-corrected chi connectivity index (χ0v) is 7.51. The number of aromatic nitrogens is 1. The topological polar surface area (TPSA) is 79.5 Å². The Balaban J connectivity index is 3.09. The quantitative estimate of drug-likeness (QED) is 0.708. The number of aromatic carboxylic acids is 1. The van der Waals surface area contributed by atoms with E-state index in [0.717, 1.165) is 4.57 Å². The van der Waals surface area contributed by atoms with Gasteiger partial charge in [-0.05, 0) is 12.5 Å². The van der Waals surface area contributed by atoms with Crippen molar-refractivity contribution in [2.45, 2.75) is 13.0 Å². The Morgan fingerprint density at radius 1 is 1.43 bits per heavy atom. The number of carboxylic acids is 1. The summed E-state index contributed by atoms with van der Waals surface area (Å²) in [5, 5.41) is 17.4. The molecule has 14 heavy (non-hydrogen) atoms. The highest BCUT2D eigenvalue weighted by atomic mass is 16.4. The maximum atomic E-state index is 11.3. The monoisotopic (exact) mass is 197 g/mol. The molecule has 0 atom stereocenters. The van der Waals surface area contributed by atoms with Gasteiger partial charge in [0.1, 0.15) is 5.69 Å². The Morgan fingerprint density at radius 3 is 2.71 bits per heavy atom. The number of aliphatic hydroxyl groups excluding tert-OH is 1. The zero-order chi connectivity index (χ0) is 10.6. The van der Waals surface area contributed by atoms with Gasteiger partial charge in [-0.25, -0.2) is 4.79 Å². The van der Waals surface area contributed by atoms with Gasteiger partial charge in [0.15, 0.2) is 0 Å². The number of pyridine rings is 1. The molecular formula is C9H11NO4. The summed E-state index contributed by atoms with van der Waals surface area (Å²) < 4.78 is 1.14. The van der Waals surface area contributed by atoms with Crippen LogP contribution in [0.2, 0.25) is 0 Å². The molecule has 5 nitrogen and oxygen atoms in total. The van der Waals surface area contributed by atoms with E-state index in [2.05, 4.69) is 0 Å². The summed E-state index contributed by atoms with van der Waals surface area (Å²) in [5.41, 5.74) is -0.413. The van der Waals surface area contributed by atoms with Crippen LogP contribution in [0.4, 0.5) is 0 Å². The Bertz CT molecular complexity index is 383. The van der Waals surface area contributed by atoms with Crippen LogP contribution >= 0.6 is 0 Å². The van der Waals surface area contributed by atoms with Gasteiger partial charge in [-0.1, -0.05) is 6.07 Å². The third-order valence-electron chi connectivity index (χ3n) is 1.81. The highest BCUT2D eigenvalue weighted by Crippen LogP contribution is 1.97. The highest BCUT2D eigenvalue weighted by Gasteiger charge is 2.09. The molecule has 1 aromatic heterocycles. The number of carbonyl (C=O) groups is 1. The Labute approximate surface area is 80.2 Å². The Kier molecular flexibility index (Phi) is 3.41. The van der Waals surface area contributed by atoms with Crippen molar-refractivity contribution in [2.24, 2.45) is 0 Å². The Hall–Kier alpha value is -1.62. The maximum absolute atomic E-state index is 11.3. The molecule has 0 radical (unpaired) electrons. The fraction of sp³-hybridized carbons (Fsp3) is 0.333. The van der Waals surface area contributed by atoms with Crippen molar-refractivity contribution >= 4 is 5.97 Å². The van der Waals surface area contributed by atoms with Gasteiger partial charge in [0.2, 0.25) is 0 Å². The SMILES string of the molecule is O=C(O)c1cccc(=O)n1CCCO. The first-order chi connectivity index (χ1) is 6.66. The van der Waals surface area contributed by atoms with Gasteiger partial charge in [0.25, 0.3) is 5.56 Å². The summed E-state index contributed by atoms with van der Waals surface area (Å²) in [4.78, 5) is 22.0. The molecule has 76 valence electrons. The molecule has 1 aromatic rings. The van der Waals surface area contributed by atoms with E-state index in [-0.39, 0.29) is 24.4 Å². The predicted octanol–water partition coefficient (Wildman–Crippen LogP) is -0.0711. The van der Waals surface area contributed by atoms with Crippen LogP contribution in [0.25, 0.3) is 0 Å². The summed E-state index contributed by atoms with van der Waals surface area (Å²) in [6.07, 6.45) is 0.365. The lowest BCUT2D eigenvalue weighted by atomic mass is 10.3. The van der Waals surface area contributed by atoms with Crippen LogP contribution in [0, 0.1) is 0 Å². The van der Waals surface area contributed by atoms with Crippen molar-refractivity contribution in [3.8, 4) is 0 Å². The third-order valence-corrected chi connectivity index (χ3v) is 1.81. The van der Waals surface area contributed by atoms with E-state index in [1.54, 1.807) is 0 Å². The number of nitrogens with zero attached hydrogens (tertiary/aromatic N) is 1. The molecule has 0 aliphatic rings. The molecule has 0 aromatic carbocycles. The molecule has 0 aliphatic heterocycles. The van der Waals surface area contributed by atoms with Gasteiger partial charge in [-0.15, -0.1) is 0 Å². The molecule has 0 unspecified atom stereocenters. The summed E-state index contributed by atoms with van der Waals surface area (Å²) in [6.45, 7) is 0.151. The molecule has 0 saturated carbocycles. The third kappa shape index (κ3) is 2.20. The average molecular weight is 197 g/mol. The second-order valence-electron chi connectivity index (χ2n) is 2.78. The summed E-state index contributed by atoms with van der Waals surface area (Å²) in [5.74, 6) is -1.14. The van der Waals surface area contributed by atoms with Gasteiger partial charge in [-0.2, -0.15) is 0 Å². The van der Waals surface area contributed by atoms with Crippen LogP contribution in [0.3, 0.4) is 0 Å². The highest BCUT2D eigenvalue weighted by molar-refractivity contribution is 5.85. The van der Waals surface area contributed by atoms with E-state index >= 15 is 0 Å². The number of hydrogen-bond acceptors (Lipinski definition) is 3. The van der Waals surface area contributed by atoms with E-state index in [1.165, 1.54) is 18.2 Å². The molecule has 2 N–H and O–H groups in total. The minimum absolute atomic E-state index is 0.0500. The van der Waals surface area contributed by atoms with Crippen molar-refractivity contribution < 1.29 is 15.0 Å². The van der Waals surface area contributed by atoms with Crippen molar-refractivity contribution in [3.63, 3.8) is 0 Å². The summed E-state index contributed by atoms with van der Waals surface area (Å²) in [7, 11) is 0. The molecule has 0 fully saturated rings. The number of hydrogen-bond donors (Lipinski definition) is 2. The van der Waals surface area contributed by atoms with Gasteiger partial charge < -0.3 is 14.8 Å². The molecule has 1 rings (SSSR count). The van der Waals surface area contributed by atoms with E-state index in [1.807, 2.05) is 0 Å². The van der Waals surface area contributed by atoms with Crippen LogP contribution in [0.1, 0.15) is 16.9 Å². The fourth-order valence-corrected chi connectivity index (χ4v) is 1.17. The number of rotatable bonds is 4. The normalized spacial score (nSPS) is 10.1. The van der Waals surface area contributed by atoms with Gasteiger partial charge in [-0.3, -0.25) is 4.79 Å². The second-order valence-corrected chi connectivity index (χ2v) is 2.78. The minimum atomic E-state index is -1.14. The minimum Gasteiger partial charge on any atom is -0.477 e. The van der Waals surface area contributed by atoms with Crippen molar-refractivity contribution in [3.05, 3.63) is 34.2 Å². The lowest BCUT2D eigenvalue weighted by Gasteiger charge is -2.07. The first kappa shape index (κ1) is 10.5. The van der Waals surface area contributed by atoms with Gasteiger partial charge >= 0.3 is 5.97 Å². The smallest absolute Gasteiger partial charge is 0.352 e. The summed E-state index contributed by atoms with van der Waals surface area (Å²) >= 11 is 0. The van der Waals surface area contributed by atoms with Crippen LogP contribution in [-0.2, 0) is 6.54 Å². The van der Waals surface area contributed by atoms with E-state index in [4.69, 9.17) is 10.2 Å². The van der Waals surface area contributed by atoms with Gasteiger partial charge in [0.05, 0.1) is 0 Å². The molecule has 0 bridgehead atoms. The first-order valence-corrected chi connectivity index (χ1v) is 4.21. The number of aliphatic hydroxyl groups is 1. The van der Waals surface area contributed by atoms with Crippen molar-refractivity contribution in [2.75, 3.05) is 6.61 Å². The van der Waals surface area contributed by atoms with Crippen LogP contribution in [0.15, 0.2) is 23.0 Å². The molecule has 0 aliphatic carbocycles. The second kappa shape index (κ2) is 4.57. The average Bonchev–Trinajstić information content (AvgIpc) is 2.15. The molecular weight excluding hydrogens is 186 g/mol. The van der Waals surface area contributed by atoms with Crippen LogP contribution in [0.5, 0.6) is 0 Å². The lowest BCUT2D eigenvalue weighted by Crippen LogP contribution is -2.25. The zero-order valence-electron chi connectivity index (χ0n) is 7.51. The fourth-order valence-electron chi connectivity index (χ4n) is 1.17. The van der Waals surface area contributed by atoms with E-state index < -0.39 is 5.97 Å². The van der Waals surface area contributed by atoms with Gasteiger partial charge in [0, 0.05) is 19.2 Å². The van der Waals surface area contributed by atoms with E-state index in [0.29, 0.717) is 6.42 Å². The number of carboxylic acid groups (broad SMARTS) is 1. The van der Waals surface area contributed by atoms with E-state index in [9.17, 15) is 9.59 Å². The predicted molar refractivity (Wildman–Crippen MR) is 49.4 cm³/mol. The molecule has 0 spiro atoms. The standard InChI is InChI=1S/C9H11NO4/c11-6-2-5-10-7(9(13)14)3-1-4-8(10)12/h1,3-4,11H,2,5-6H2,(H,13,14). The molecule has 5 heteroatoms. The lowest BCUT2D eigenvalue weighted by molar-refractivity contribution is 0.0682. The van der Waals surface area contributed by atoms with Crippen LogP contribution in [-0.4, -0.2) is 27.4 Å². The molecule has 0 saturated heterocycles. The van der Waals surface area contributed by atoms with Crippen molar-refractivity contribution in [1.29, 1.82) is 0 Å². The Morgan fingerprint density at radius 2 is 2.14 bits per heavy atom. The van der Waals surface area contributed by atoms with Crippen LogP contribution < -0.4 is 5.56 Å². The maximum Gasteiger partial charge on any atom is 0.352 e. The largest absolute Gasteiger partial charge is 0.477 e. The first-order valence-electron chi connectivity index (χ1n) is 4.21. The molecule has 1 heterocycles. The molecule has 0 amide bonds. The summed E-state index contributed by atoms with van der Waals surface area (Å²) in [6, 6.07) is 4.06.